The van der Waals surface area contributed by atoms with Crippen molar-refractivity contribution in [3.63, 3.8) is 0 Å². The third-order valence-corrected chi connectivity index (χ3v) is 8.29. The van der Waals surface area contributed by atoms with Crippen LogP contribution in [-0.2, 0) is 17.6 Å². The van der Waals surface area contributed by atoms with Crippen molar-refractivity contribution in [2.24, 2.45) is 5.41 Å². The van der Waals surface area contributed by atoms with E-state index in [1.165, 1.54) is 0 Å². The Bertz CT molecular complexity index is 1410. The van der Waals surface area contributed by atoms with Crippen LogP contribution in [0, 0.1) is 5.41 Å². The SMILES string of the molecule is CS(=O)N1CC2(CN(c3ccc(-c4n[nH]c5ccc(OCc6c(Cl)cncc6Cl)cc45)cn3)C2)C1. The average Bonchev–Trinajstić information content (AvgIpc) is 3.20. The number of H-pyrrole nitrogens is 1. The van der Waals surface area contributed by atoms with Gasteiger partial charge in [0.2, 0.25) is 0 Å². The van der Waals surface area contributed by atoms with Gasteiger partial charge >= 0.3 is 0 Å². The second kappa shape index (κ2) is 8.74. The predicted molar refractivity (Wildman–Crippen MR) is 138 cm³/mol. The van der Waals surface area contributed by atoms with E-state index in [2.05, 4.69) is 20.1 Å². The molecule has 0 amide bonds. The number of benzene rings is 1. The number of aromatic nitrogens is 4. The molecule has 11 heteroatoms. The summed E-state index contributed by atoms with van der Waals surface area (Å²) in [5, 5.41) is 9.47. The smallest absolute Gasteiger partial charge is 0.128 e. The highest BCUT2D eigenvalue weighted by Crippen LogP contribution is 2.42. The van der Waals surface area contributed by atoms with Gasteiger partial charge in [-0.1, -0.05) is 23.2 Å². The van der Waals surface area contributed by atoms with Crippen LogP contribution in [0.3, 0.4) is 0 Å². The maximum atomic E-state index is 11.6. The van der Waals surface area contributed by atoms with E-state index < -0.39 is 11.0 Å². The van der Waals surface area contributed by atoms with Gasteiger partial charge in [0.1, 0.15) is 23.9 Å². The highest BCUT2D eigenvalue weighted by Gasteiger charge is 2.53. The maximum Gasteiger partial charge on any atom is 0.128 e. The predicted octanol–water partition coefficient (Wildman–Crippen LogP) is 4.32. The van der Waals surface area contributed by atoms with Crippen LogP contribution in [0.4, 0.5) is 5.82 Å². The molecule has 3 aromatic heterocycles. The monoisotopic (exact) mass is 528 g/mol. The van der Waals surface area contributed by atoms with Gasteiger partial charge in [0.05, 0.1) is 26.5 Å². The average molecular weight is 529 g/mol. The van der Waals surface area contributed by atoms with E-state index in [0.717, 1.165) is 54.2 Å². The van der Waals surface area contributed by atoms with E-state index in [0.29, 0.717) is 21.4 Å². The fraction of sp³-hybridized carbons (Fsp3) is 0.292. The second-order valence-corrected chi connectivity index (χ2v) is 11.3. The summed E-state index contributed by atoms with van der Waals surface area (Å²) in [4.78, 5) is 10.9. The van der Waals surface area contributed by atoms with E-state index in [4.69, 9.17) is 32.9 Å². The number of anilines is 1. The Morgan fingerprint density at radius 2 is 1.86 bits per heavy atom. The van der Waals surface area contributed by atoms with Gasteiger partial charge in [0, 0.05) is 73.0 Å². The third kappa shape index (κ3) is 4.16. The summed E-state index contributed by atoms with van der Waals surface area (Å²) in [5.74, 6) is 1.63. The number of ether oxygens (including phenoxy) is 1. The minimum Gasteiger partial charge on any atom is -0.489 e. The molecule has 180 valence electrons. The number of nitrogens with one attached hydrogen (secondary N) is 1. The third-order valence-electron chi connectivity index (χ3n) is 6.65. The molecule has 0 radical (unpaired) electrons. The number of aromatic amines is 1. The molecule has 2 aliphatic heterocycles. The molecule has 1 N–H and O–H groups in total. The first-order valence-corrected chi connectivity index (χ1v) is 13.4. The van der Waals surface area contributed by atoms with Crippen molar-refractivity contribution in [3.8, 4) is 17.0 Å². The number of rotatable bonds is 6. The molecule has 2 fully saturated rings. The summed E-state index contributed by atoms with van der Waals surface area (Å²) in [6.07, 6.45) is 6.70. The molecule has 5 heterocycles. The molecule has 8 nitrogen and oxygen atoms in total. The van der Waals surface area contributed by atoms with Crippen LogP contribution in [0.25, 0.3) is 22.2 Å². The number of nitrogens with zero attached hydrogens (tertiary/aromatic N) is 5. The van der Waals surface area contributed by atoms with Crippen molar-refractivity contribution in [3.05, 3.63) is 64.5 Å². The minimum absolute atomic E-state index is 0.235. The highest BCUT2D eigenvalue weighted by atomic mass is 35.5. The molecule has 6 rings (SSSR count). The Balaban J connectivity index is 1.16. The molecule has 1 unspecified atom stereocenters. The summed E-state index contributed by atoms with van der Waals surface area (Å²) in [6, 6.07) is 9.84. The van der Waals surface area contributed by atoms with Crippen LogP contribution in [0.1, 0.15) is 5.56 Å². The van der Waals surface area contributed by atoms with E-state index in [1.807, 2.05) is 40.8 Å². The Morgan fingerprint density at radius 3 is 2.54 bits per heavy atom. The van der Waals surface area contributed by atoms with Crippen LogP contribution in [0.2, 0.25) is 10.0 Å². The number of pyridine rings is 2. The summed E-state index contributed by atoms with van der Waals surface area (Å²) in [7, 11) is -0.875. The summed E-state index contributed by atoms with van der Waals surface area (Å²) in [6.45, 7) is 3.93. The van der Waals surface area contributed by atoms with Gasteiger partial charge in [-0.3, -0.25) is 10.1 Å². The summed E-state index contributed by atoms with van der Waals surface area (Å²) in [5.41, 5.74) is 3.60. The Morgan fingerprint density at radius 1 is 1.09 bits per heavy atom. The quantitative estimate of drug-likeness (QED) is 0.401. The van der Waals surface area contributed by atoms with Gasteiger partial charge in [0.25, 0.3) is 0 Å². The molecule has 2 aliphatic rings. The lowest BCUT2D eigenvalue weighted by atomic mass is 9.74. The van der Waals surface area contributed by atoms with Crippen LogP contribution in [-0.4, -0.2) is 61.1 Å². The van der Waals surface area contributed by atoms with Crippen LogP contribution >= 0.6 is 23.2 Å². The van der Waals surface area contributed by atoms with Crippen LogP contribution in [0.5, 0.6) is 5.75 Å². The zero-order chi connectivity index (χ0) is 24.2. The lowest BCUT2D eigenvalue weighted by molar-refractivity contribution is 0.0434. The zero-order valence-electron chi connectivity index (χ0n) is 18.9. The fourth-order valence-corrected chi connectivity index (χ4v) is 6.14. The molecule has 0 saturated carbocycles. The molecule has 35 heavy (non-hydrogen) atoms. The first kappa shape index (κ1) is 22.7. The van der Waals surface area contributed by atoms with E-state index in [1.54, 1.807) is 18.6 Å². The molecule has 0 aliphatic carbocycles. The Hall–Kier alpha value is -2.72. The summed E-state index contributed by atoms with van der Waals surface area (Å²) >= 11 is 12.4. The van der Waals surface area contributed by atoms with Gasteiger partial charge in [-0.25, -0.2) is 13.5 Å². The second-order valence-electron chi connectivity index (χ2n) is 9.13. The number of fused-ring (bicyclic) bond motifs is 1. The first-order chi connectivity index (χ1) is 16.9. The van der Waals surface area contributed by atoms with Crippen LogP contribution in [0.15, 0.2) is 48.9 Å². The van der Waals surface area contributed by atoms with E-state index in [9.17, 15) is 4.21 Å². The molecule has 1 atom stereocenters. The van der Waals surface area contributed by atoms with Gasteiger partial charge in [-0.2, -0.15) is 5.10 Å². The lowest BCUT2D eigenvalue weighted by Gasteiger charge is -2.59. The topological polar surface area (TPSA) is 87.2 Å². The Labute approximate surface area is 214 Å². The van der Waals surface area contributed by atoms with Crippen molar-refractivity contribution < 1.29 is 8.95 Å². The fourth-order valence-electron chi connectivity index (χ4n) is 4.76. The number of hydrogen-bond acceptors (Lipinski definition) is 6. The standard InChI is InChI=1S/C24H22Cl2N6O2S/c1-35(33)32-13-24(14-32)11-31(12-24)22-5-2-15(7-28-22)23-17-6-16(3-4-21(17)29-30-23)34-10-18-19(25)8-27-9-20(18)26/h2-9H,10-14H2,1H3,(H,29,30). The zero-order valence-corrected chi connectivity index (χ0v) is 21.2. The molecule has 4 aromatic rings. The van der Waals surface area contributed by atoms with Crippen molar-refractivity contribution in [1.29, 1.82) is 0 Å². The normalized spacial score (nSPS) is 17.9. The van der Waals surface area contributed by atoms with Gasteiger partial charge in [-0.15, -0.1) is 0 Å². The first-order valence-electron chi connectivity index (χ1n) is 11.1. The summed E-state index contributed by atoms with van der Waals surface area (Å²) < 4.78 is 19.6. The minimum atomic E-state index is -0.875. The largest absolute Gasteiger partial charge is 0.489 e. The van der Waals surface area contributed by atoms with Crippen molar-refractivity contribution >= 4 is 50.9 Å². The number of hydrogen-bond donors (Lipinski definition) is 1. The maximum absolute atomic E-state index is 11.6. The van der Waals surface area contributed by atoms with Crippen molar-refractivity contribution in [1.82, 2.24) is 24.5 Å². The van der Waals surface area contributed by atoms with Gasteiger partial charge < -0.3 is 9.64 Å². The van der Waals surface area contributed by atoms with Gasteiger partial charge in [-0.05, 0) is 30.3 Å². The Kier molecular flexibility index (Phi) is 5.68. The van der Waals surface area contributed by atoms with E-state index in [-0.39, 0.29) is 12.0 Å². The lowest BCUT2D eigenvalue weighted by Crippen LogP contribution is -2.72. The van der Waals surface area contributed by atoms with E-state index >= 15 is 0 Å². The molecule has 2 saturated heterocycles. The van der Waals surface area contributed by atoms with Gasteiger partial charge in [0.15, 0.2) is 0 Å². The molecular formula is C24H22Cl2N6O2S. The molecule has 0 bridgehead atoms. The molecular weight excluding hydrogens is 507 g/mol. The highest BCUT2D eigenvalue weighted by molar-refractivity contribution is 7.81. The van der Waals surface area contributed by atoms with Crippen LogP contribution < -0.4 is 9.64 Å². The number of halogens is 2. The molecule has 1 aromatic carbocycles. The van der Waals surface area contributed by atoms with Crippen molar-refractivity contribution in [2.45, 2.75) is 6.61 Å². The molecule has 1 spiro atoms. The van der Waals surface area contributed by atoms with Crippen molar-refractivity contribution in [2.75, 3.05) is 37.3 Å².